The molecule has 56 valence electrons. The van der Waals surface area contributed by atoms with Crippen LogP contribution >= 0.6 is 31.9 Å². The molecule has 0 aromatic heterocycles. The maximum absolute atomic E-state index is 7.93. The van der Waals surface area contributed by atoms with Crippen molar-refractivity contribution < 1.29 is 0 Å². The summed E-state index contributed by atoms with van der Waals surface area (Å²) in [6.07, 6.45) is 1.64. The van der Waals surface area contributed by atoms with Gasteiger partial charge in [-0.2, -0.15) is 10.5 Å². The Morgan fingerprint density at radius 2 is 1.60 bits per heavy atom. The molecule has 0 unspecified atom stereocenters. The Kier molecular flexibility index (Phi) is 20.1. The molecule has 0 aromatic carbocycles. The summed E-state index contributed by atoms with van der Waals surface area (Å²) in [6.45, 7) is 0. The predicted molar refractivity (Wildman–Crippen MR) is 48.0 cm³/mol. The van der Waals surface area contributed by atoms with Gasteiger partial charge in [-0.05, 0) is 6.42 Å². The standard InChI is InChI=1S/C4H6BrN.C2H2BrN/c5-3-1-2-4-6;3-1-2-4/h1-3H2;1H2. The van der Waals surface area contributed by atoms with Crippen LogP contribution in [0.3, 0.4) is 0 Å². The fraction of sp³-hybridized carbons (Fsp3) is 0.667. The smallest absolute Gasteiger partial charge is 0.0905 e. The van der Waals surface area contributed by atoms with Crippen LogP contribution in [-0.4, -0.2) is 10.7 Å². The first-order valence-corrected chi connectivity index (χ1v) is 4.93. The largest absolute Gasteiger partial charge is 0.198 e. The second-order valence-electron chi connectivity index (χ2n) is 1.24. The van der Waals surface area contributed by atoms with E-state index in [1.54, 1.807) is 0 Å². The van der Waals surface area contributed by atoms with E-state index in [0.29, 0.717) is 11.8 Å². The number of rotatable bonds is 2. The normalized spacial score (nSPS) is 6.40. The SMILES string of the molecule is N#CCBr.N#CCCCBr. The molecule has 0 rings (SSSR count). The van der Waals surface area contributed by atoms with Crippen molar-refractivity contribution in [1.82, 2.24) is 0 Å². The maximum atomic E-state index is 7.93. The van der Waals surface area contributed by atoms with E-state index in [1.807, 2.05) is 12.1 Å². The van der Waals surface area contributed by atoms with Gasteiger partial charge in [-0.3, -0.25) is 0 Å². The van der Waals surface area contributed by atoms with Gasteiger partial charge in [0.05, 0.1) is 17.5 Å². The number of hydrogen-bond donors (Lipinski definition) is 0. The van der Waals surface area contributed by atoms with Gasteiger partial charge in [0.15, 0.2) is 0 Å². The van der Waals surface area contributed by atoms with Crippen LogP contribution < -0.4 is 0 Å². The molecular weight excluding hydrogens is 260 g/mol. The average molecular weight is 268 g/mol. The van der Waals surface area contributed by atoms with Crippen molar-refractivity contribution in [2.45, 2.75) is 12.8 Å². The van der Waals surface area contributed by atoms with E-state index in [0.717, 1.165) is 11.8 Å². The highest BCUT2D eigenvalue weighted by atomic mass is 79.9. The van der Waals surface area contributed by atoms with Gasteiger partial charge in [0.1, 0.15) is 0 Å². The predicted octanol–water partition coefficient (Wildman–Crippen LogP) is 2.59. The third-order valence-electron chi connectivity index (χ3n) is 0.482. The molecule has 0 aromatic rings. The van der Waals surface area contributed by atoms with Crippen LogP contribution in [0, 0.1) is 22.7 Å². The zero-order valence-electron chi connectivity index (χ0n) is 5.48. The Labute approximate surface area is 78.1 Å². The third-order valence-corrected chi connectivity index (χ3v) is 1.29. The summed E-state index contributed by atoms with van der Waals surface area (Å²) in [5.41, 5.74) is 0. The Balaban J connectivity index is 0. The zero-order valence-corrected chi connectivity index (χ0v) is 8.65. The first-order chi connectivity index (χ1) is 4.83. The number of alkyl halides is 2. The Hall–Kier alpha value is -0.0600. The molecule has 0 fully saturated rings. The van der Waals surface area contributed by atoms with Crippen molar-refractivity contribution in [3.8, 4) is 12.1 Å². The molecule has 0 aliphatic carbocycles. The van der Waals surface area contributed by atoms with Crippen molar-refractivity contribution in [2.75, 3.05) is 10.7 Å². The van der Waals surface area contributed by atoms with Gasteiger partial charge in [-0.15, -0.1) is 0 Å². The molecule has 0 spiro atoms. The number of hydrogen-bond acceptors (Lipinski definition) is 2. The summed E-state index contributed by atoms with van der Waals surface area (Å²) in [4.78, 5) is 0. The molecule has 0 saturated heterocycles. The molecule has 0 aliphatic rings. The minimum Gasteiger partial charge on any atom is -0.198 e. The van der Waals surface area contributed by atoms with Gasteiger partial charge in [0.2, 0.25) is 0 Å². The van der Waals surface area contributed by atoms with Crippen molar-refractivity contribution in [1.29, 1.82) is 10.5 Å². The van der Waals surface area contributed by atoms with Crippen molar-refractivity contribution in [3.05, 3.63) is 0 Å². The first kappa shape index (κ1) is 12.6. The van der Waals surface area contributed by atoms with Crippen molar-refractivity contribution in [3.63, 3.8) is 0 Å². The minimum absolute atomic E-state index is 0.438. The molecule has 0 N–H and O–H groups in total. The van der Waals surface area contributed by atoms with Crippen LogP contribution in [0.15, 0.2) is 0 Å². The maximum Gasteiger partial charge on any atom is 0.0905 e. The van der Waals surface area contributed by atoms with Gasteiger partial charge in [-0.25, -0.2) is 0 Å². The van der Waals surface area contributed by atoms with Gasteiger partial charge in [-0.1, -0.05) is 31.9 Å². The summed E-state index contributed by atoms with van der Waals surface area (Å²) in [5, 5.41) is 16.9. The molecular formula is C6H8Br2N2. The zero-order chi connectivity index (χ0) is 8.24. The van der Waals surface area contributed by atoms with Gasteiger partial charge >= 0.3 is 0 Å². The Morgan fingerprint density at radius 1 is 1.10 bits per heavy atom. The van der Waals surface area contributed by atoms with Crippen LogP contribution in [0.5, 0.6) is 0 Å². The van der Waals surface area contributed by atoms with E-state index in [1.165, 1.54) is 0 Å². The van der Waals surface area contributed by atoms with E-state index in [4.69, 9.17) is 10.5 Å². The fourth-order valence-corrected chi connectivity index (χ4v) is 0.426. The van der Waals surface area contributed by atoms with Crippen LogP contribution in [-0.2, 0) is 0 Å². The van der Waals surface area contributed by atoms with Crippen LogP contribution in [0.4, 0.5) is 0 Å². The van der Waals surface area contributed by atoms with Crippen LogP contribution in [0.25, 0.3) is 0 Å². The summed E-state index contributed by atoms with van der Waals surface area (Å²) in [6, 6.07) is 3.89. The molecule has 0 aliphatic heterocycles. The quantitative estimate of drug-likeness (QED) is 0.570. The lowest BCUT2D eigenvalue weighted by molar-refractivity contribution is 0.989. The van der Waals surface area contributed by atoms with Crippen LogP contribution in [0.1, 0.15) is 12.8 Å². The summed E-state index contributed by atoms with van der Waals surface area (Å²) in [7, 11) is 0. The molecule has 0 radical (unpaired) electrons. The van der Waals surface area contributed by atoms with E-state index in [-0.39, 0.29) is 0 Å². The molecule has 10 heavy (non-hydrogen) atoms. The third kappa shape index (κ3) is 24.6. The molecule has 0 bridgehead atoms. The molecule has 0 saturated carbocycles. The molecule has 4 heteroatoms. The highest BCUT2D eigenvalue weighted by Crippen LogP contribution is 1.89. The van der Waals surface area contributed by atoms with Crippen LogP contribution in [0.2, 0.25) is 0 Å². The Bertz CT molecular complexity index is 123. The molecule has 0 heterocycles. The lowest BCUT2D eigenvalue weighted by Crippen LogP contribution is -1.67. The summed E-state index contributed by atoms with van der Waals surface area (Å²) in [5.74, 6) is 0. The highest BCUT2D eigenvalue weighted by Gasteiger charge is 1.75. The van der Waals surface area contributed by atoms with E-state index < -0.39 is 0 Å². The second-order valence-corrected chi connectivity index (χ2v) is 2.60. The average Bonchev–Trinajstić information content (AvgIpc) is 2.01. The van der Waals surface area contributed by atoms with Gasteiger partial charge in [0.25, 0.3) is 0 Å². The monoisotopic (exact) mass is 266 g/mol. The van der Waals surface area contributed by atoms with Gasteiger partial charge < -0.3 is 0 Å². The van der Waals surface area contributed by atoms with Gasteiger partial charge in [0, 0.05) is 11.8 Å². The van der Waals surface area contributed by atoms with E-state index in [2.05, 4.69) is 31.9 Å². The van der Waals surface area contributed by atoms with E-state index >= 15 is 0 Å². The number of nitrogens with zero attached hydrogens (tertiary/aromatic N) is 2. The topological polar surface area (TPSA) is 47.6 Å². The lowest BCUT2D eigenvalue weighted by atomic mass is 10.4. The molecule has 2 nitrogen and oxygen atoms in total. The molecule has 0 atom stereocenters. The van der Waals surface area contributed by atoms with Crippen molar-refractivity contribution in [2.24, 2.45) is 0 Å². The second kappa shape index (κ2) is 16.0. The minimum atomic E-state index is 0.438. The van der Waals surface area contributed by atoms with E-state index in [9.17, 15) is 0 Å². The Morgan fingerprint density at radius 3 is 1.70 bits per heavy atom. The fourth-order valence-electron chi connectivity index (χ4n) is 0.146. The number of unbranched alkanes of at least 4 members (excludes halogenated alkanes) is 1. The number of nitriles is 2. The lowest BCUT2D eigenvalue weighted by Gasteiger charge is -1.75. The van der Waals surface area contributed by atoms with Crippen molar-refractivity contribution >= 4 is 31.9 Å². The molecule has 0 amide bonds. The first-order valence-electron chi connectivity index (χ1n) is 2.69. The number of halogens is 2. The highest BCUT2D eigenvalue weighted by molar-refractivity contribution is 9.09. The summed E-state index contributed by atoms with van der Waals surface area (Å²) >= 11 is 6.09. The summed E-state index contributed by atoms with van der Waals surface area (Å²) < 4.78 is 0.